The Kier molecular flexibility index (Phi) is 9.95. The van der Waals surface area contributed by atoms with E-state index < -0.39 is 78.1 Å². The van der Waals surface area contributed by atoms with Gasteiger partial charge in [0.1, 0.15) is 6.61 Å². The van der Waals surface area contributed by atoms with E-state index >= 15 is 0 Å². The third-order valence-corrected chi connectivity index (χ3v) is 4.37. The first-order valence-electron chi connectivity index (χ1n) is 9.13. The Morgan fingerprint density at radius 3 is 2.12 bits per heavy atom. The predicted molar refractivity (Wildman–Crippen MR) is 100 cm³/mol. The molecule has 1 aliphatic heterocycles. The van der Waals surface area contributed by atoms with Crippen LogP contribution >= 0.6 is 11.6 Å². The molecule has 0 bridgehead atoms. The fraction of sp³-hybridized carbons (Fsp3) is 0.611. The highest BCUT2D eigenvalue weighted by Crippen LogP contribution is 2.30. The molecule has 0 aromatic carbocycles. The Morgan fingerprint density at radius 2 is 1.67 bits per heavy atom. The minimum absolute atomic E-state index is 0.578. The van der Waals surface area contributed by atoms with Crippen molar-refractivity contribution in [2.45, 2.75) is 56.7 Å². The van der Waals surface area contributed by atoms with Crippen LogP contribution in [0.1, 0.15) is 20.8 Å². The first-order valence-corrected chi connectivity index (χ1v) is 9.57. The van der Waals surface area contributed by atoms with E-state index in [1.54, 1.807) is 5.32 Å². The van der Waals surface area contributed by atoms with Crippen molar-refractivity contribution in [1.82, 2.24) is 5.32 Å². The molecule has 0 aliphatic carbocycles. The Bertz CT molecular complexity index is 816. The van der Waals surface area contributed by atoms with Gasteiger partial charge in [0, 0.05) is 20.8 Å². The summed E-state index contributed by atoms with van der Waals surface area (Å²) in [5.74, 6) is -6.85. The van der Waals surface area contributed by atoms with E-state index in [1.807, 2.05) is 0 Å². The highest BCUT2D eigenvalue weighted by Gasteiger charge is 2.50. The van der Waals surface area contributed by atoms with Gasteiger partial charge in [-0.25, -0.2) is 4.79 Å². The minimum atomic E-state index is -5.32. The Labute approximate surface area is 190 Å². The largest absolute Gasteiger partial charge is 0.477 e. The van der Waals surface area contributed by atoms with E-state index in [1.165, 1.54) is 0 Å². The van der Waals surface area contributed by atoms with E-state index in [2.05, 4.69) is 4.74 Å². The summed E-state index contributed by atoms with van der Waals surface area (Å²) in [4.78, 5) is 58.1. The molecule has 15 heteroatoms. The van der Waals surface area contributed by atoms with Gasteiger partial charge in [0.2, 0.25) is 5.76 Å². The topological polar surface area (TPSA) is 144 Å². The number of rotatable bonds is 8. The lowest BCUT2D eigenvalue weighted by Gasteiger charge is -2.40. The molecule has 0 aromatic heterocycles. The zero-order chi connectivity index (χ0) is 25.5. The molecule has 0 fully saturated rings. The van der Waals surface area contributed by atoms with Crippen molar-refractivity contribution in [1.29, 1.82) is 0 Å². The third kappa shape index (κ3) is 8.44. The molecule has 186 valence electrons. The molecule has 0 radical (unpaired) electrons. The highest BCUT2D eigenvalue weighted by molar-refractivity contribution is 6.23. The zero-order valence-electron chi connectivity index (χ0n) is 17.8. The van der Waals surface area contributed by atoms with Crippen molar-refractivity contribution in [3.8, 4) is 0 Å². The van der Waals surface area contributed by atoms with Crippen molar-refractivity contribution < 1.29 is 60.8 Å². The van der Waals surface area contributed by atoms with Crippen LogP contribution in [0, 0.1) is 0 Å². The molecule has 0 spiro atoms. The number of hydrogen-bond acceptors (Lipinski definition) is 10. The number of hydrogen-bond donors (Lipinski definition) is 1. The average Bonchev–Trinajstić information content (AvgIpc) is 2.68. The summed E-state index contributed by atoms with van der Waals surface area (Å²) in [6.45, 7) is 2.18. The lowest BCUT2D eigenvalue weighted by atomic mass is 9.95. The van der Waals surface area contributed by atoms with Crippen molar-refractivity contribution in [3.05, 3.63) is 11.8 Å². The number of nitrogens with one attached hydrogen (secondary N) is 1. The van der Waals surface area contributed by atoms with Gasteiger partial charge < -0.3 is 29.0 Å². The average molecular weight is 504 g/mol. The molecule has 11 nitrogen and oxygen atoms in total. The van der Waals surface area contributed by atoms with E-state index in [0.29, 0.717) is 0 Å². The van der Waals surface area contributed by atoms with Gasteiger partial charge in [-0.3, -0.25) is 19.2 Å². The lowest BCUT2D eigenvalue weighted by molar-refractivity contribution is -0.190. The number of amides is 1. The molecule has 5 atom stereocenters. The number of halogens is 4. The molecule has 0 saturated carbocycles. The molecule has 0 saturated heterocycles. The summed E-state index contributed by atoms with van der Waals surface area (Å²) >= 11 is 6.11. The van der Waals surface area contributed by atoms with Crippen molar-refractivity contribution in [2.75, 3.05) is 13.7 Å². The van der Waals surface area contributed by atoms with Gasteiger partial charge in [0.15, 0.2) is 18.3 Å². The maximum absolute atomic E-state index is 12.9. The molecule has 1 heterocycles. The summed E-state index contributed by atoms with van der Waals surface area (Å²) in [6, 6.07) is -1.76. The van der Waals surface area contributed by atoms with E-state index in [-0.39, 0.29) is 0 Å². The lowest BCUT2D eigenvalue weighted by Crippen LogP contribution is -2.62. The molecule has 1 aliphatic rings. The van der Waals surface area contributed by atoms with Gasteiger partial charge >= 0.3 is 36.0 Å². The Morgan fingerprint density at radius 1 is 1.09 bits per heavy atom. The number of carbonyl (C=O) groups is 5. The van der Waals surface area contributed by atoms with Gasteiger partial charge in [-0.1, -0.05) is 0 Å². The standard InChI is InChI=1S/C18H21ClF3NO10/c1-7(24)30-6-12(31-8(2)25)14(32-9(3)26)15-13(23-17(28)18(20,21)22)10(19)5-11(33-15)16(27)29-4/h5,10,12-15H,6H2,1-4H3,(H,23,28)/t10-,12+,13+,14+,15+/m0/s1. The summed E-state index contributed by atoms with van der Waals surface area (Å²) in [5, 5.41) is 0.100. The second-order valence-electron chi connectivity index (χ2n) is 6.57. The van der Waals surface area contributed by atoms with Crippen LogP contribution in [0.3, 0.4) is 0 Å². The molecule has 0 aromatic rings. The maximum atomic E-state index is 12.9. The van der Waals surface area contributed by atoms with Gasteiger partial charge in [-0.05, 0) is 6.08 Å². The Hall–Kier alpha value is -3.03. The van der Waals surface area contributed by atoms with Crippen LogP contribution in [0.15, 0.2) is 11.8 Å². The fourth-order valence-electron chi connectivity index (χ4n) is 2.73. The van der Waals surface area contributed by atoms with Crippen molar-refractivity contribution >= 4 is 41.4 Å². The third-order valence-electron chi connectivity index (χ3n) is 3.97. The van der Waals surface area contributed by atoms with Crippen LogP contribution in [0.4, 0.5) is 13.2 Å². The maximum Gasteiger partial charge on any atom is 0.471 e. The highest BCUT2D eigenvalue weighted by atomic mass is 35.5. The van der Waals surface area contributed by atoms with Gasteiger partial charge in [0.05, 0.1) is 18.5 Å². The van der Waals surface area contributed by atoms with Gasteiger partial charge in [-0.15, -0.1) is 11.6 Å². The minimum Gasteiger partial charge on any atom is -0.477 e. The summed E-state index contributed by atoms with van der Waals surface area (Å²) < 4.78 is 63.4. The first-order chi connectivity index (χ1) is 15.2. The van der Waals surface area contributed by atoms with Crippen LogP contribution in [-0.2, 0) is 47.7 Å². The fourth-order valence-corrected chi connectivity index (χ4v) is 3.05. The molecule has 1 N–H and O–H groups in total. The van der Waals surface area contributed by atoms with E-state index in [9.17, 15) is 37.1 Å². The molecule has 1 rings (SSSR count). The van der Waals surface area contributed by atoms with Crippen molar-refractivity contribution in [2.24, 2.45) is 0 Å². The van der Waals surface area contributed by atoms with Crippen LogP contribution in [0.2, 0.25) is 0 Å². The smallest absolute Gasteiger partial charge is 0.471 e. The normalized spacial score (nSPS) is 21.9. The van der Waals surface area contributed by atoms with Crippen LogP contribution < -0.4 is 5.32 Å². The molecular weight excluding hydrogens is 483 g/mol. The summed E-state index contributed by atoms with van der Waals surface area (Å²) in [5.41, 5.74) is 0. The SMILES string of the molecule is COC(=O)C1=C[C@H](Cl)[C@@H](NC(=O)C(F)(F)F)[C@H]([C@H](OC(C)=O)[C@@H](COC(C)=O)OC(C)=O)O1. The van der Waals surface area contributed by atoms with Crippen molar-refractivity contribution in [3.63, 3.8) is 0 Å². The molecule has 0 unspecified atom stereocenters. The van der Waals surface area contributed by atoms with Gasteiger partial charge in [-0.2, -0.15) is 13.2 Å². The van der Waals surface area contributed by atoms with Crippen LogP contribution in [0.25, 0.3) is 0 Å². The van der Waals surface area contributed by atoms with Gasteiger partial charge in [0.25, 0.3) is 0 Å². The zero-order valence-corrected chi connectivity index (χ0v) is 18.5. The second-order valence-corrected chi connectivity index (χ2v) is 7.07. The first kappa shape index (κ1) is 28.0. The molecule has 33 heavy (non-hydrogen) atoms. The Balaban J connectivity index is 3.51. The predicted octanol–water partition coefficient (Wildman–Crippen LogP) is 0.523. The second kappa shape index (κ2) is 11.7. The summed E-state index contributed by atoms with van der Waals surface area (Å²) in [6.07, 6.45) is -9.67. The number of methoxy groups -OCH3 is 1. The van der Waals surface area contributed by atoms with E-state index in [0.717, 1.165) is 34.0 Å². The monoisotopic (exact) mass is 503 g/mol. The number of carbonyl (C=O) groups excluding carboxylic acids is 5. The van der Waals surface area contributed by atoms with Crippen LogP contribution in [-0.4, -0.2) is 79.4 Å². The quantitative estimate of drug-likeness (QED) is 0.283. The van der Waals surface area contributed by atoms with Crippen LogP contribution in [0.5, 0.6) is 0 Å². The number of alkyl halides is 4. The van der Waals surface area contributed by atoms with E-state index in [4.69, 9.17) is 30.5 Å². The number of ether oxygens (including phenoxy) is 5. The number of esters is 4. The molecular formula is C18H21ClF3NO10. The molecule has 1 amide bonds. The summed E-state index contributed by atoms with van der Waals surface area (Å²) in [7, 11) is 0.980.